The molecule has 2 unspecified atom stereocenters. The van der Waals surface area contributed by atoms with Crippen molar-refractivity contribution in [3.63, 3.8) is 0 Å². The van der Waals surface area contributed by atoms with Gasteiger partial charge in [0.25, 0.3) is 5.69 Å². The van der Waals surface area contributed by atoms with Crippen molar-refractivity contribution in [2.45, 2.75) is 19.4 Å². The van der Waals surface area contributed by atoms with Gasteiger partial charge in [0.1, 0.15) is 0 Å². The lowest BCUT2D eigenvalue weighted by molar-refractivity contribution is -0.384. The van der Waals surface area contributed by atoms with E-state index in [4.69, 9.17) is 5.11 Å². The van der Waals surface area contributed by atoms with Crippen LogP contribution in [-0.4, -0.2) is 38.3 Å². The Hall–Kier alpha value is -1.96. The van der Waals surface area contributed by atoms with E-state index in [1.54, 1.807) is 6.26 Å². The summed E-state index contributed by atoms with van der Waals surface area (Å²) in [5, 5.41) is 22.7. The van der Waals surface area contributed by atoms with Gasteiger partial charge in [0.2, 0.25) is 0 Å². The minimum absolute atomic E-state index is 0.0848. The molecular weight excluding hydrogens is 284 g/mol. The lowest BCUT2D eigenvalue weighted by Gasteiger charge is -2.16. The Morgan fingerprint density at radius 1 is 1.55 bits per heavy atom. The van der Waals surface area contributed by atoms with Gasteiger partial charge < -0.3 is 10.4 Å². The first-order valence-electron chi connectivity index (χ1n) is 5.89. The van der Waals surface area contributed by atoms with Gasteiger partial charge in [-0.3, -0.25) is 14.3 Å². The second kappa shape index (κ2) is 6.99. The predicted octanol–water partition coefficient (Wildman–Crippen LogP) is 1.86. The Kier molecular flexibility index (Phi) is 5.63. The fourth-order valence-corrected chi connectivity index (χ4v) is 2.31. The van der Waals surface area contributed by atoms with Crippen LogP contribution >= 0.6 is 0 Å². The van der Waals surface area contributed by atoms with Gasteiger partial charge in [-0.25, -0.2) is 4.79 Å². The van der Waals surface area contributed by atoms with E-state index < -0.39 is 21.7 Å². The fourth-order valence-electron chi connectivity index (χ4n) is 1.63. The molecule has 20 heavy (non-hydrogen) atoms. The van der Waals surface area contributed by atoms with Crippen molar-refractivity contribution in [1.82, 2.24) is 0 Å². The predicted molar refractivity (Wildman–Crippen MR) is 76.7 cm³/mol. The number of nitro groups is 1. The van der Waals surface area contributed by atoms with Crippen molar-refractivity contribution in [3.05, 3.63) is 33.9 Å². The molecule has 1 rings (SSSR count). The second-order valence-electron chi connectivity index (χ2n) is 4.40. The van der Waals surface area contributed by atoms with Crippen LogP contribution in [0.2, 0.25) is 0 Å². The Bertz CT molecular complexity index is 547. The van der Waals surface area contributed by atoms with Crippen LogP contribution in [0, 0.1) is 10.1 Å². The molecule has 0 spiro atoms. The fraction of sp³-hybridized carbons (Fsp3) is 0.417. The maximum absolute atomic E-state index is 11.1. The normalized spacial score (nSPS) is 13.5. The number of rotatable bonds is 7. The van der Waals surface area contributed by atoms with Gasteiger partial charge in [-0.15, -0.1) is 0 Å². The molecule has 0 aliphatic rings. The number of nitrogens with zero attached hydrogens (tertiary/aromatic N) is 1. The Morgan fingerprint density at radius 3 is 2.70 bits per heavy atom. The minimum Gasteiger partial charge on any atom is -0.478 e. The molecule has 0 radical (unpaired) electrons. The van der Waals surface area contributed by atoms with E-state index in [1.165, 1.54) is 12.1 Å². The van der Waals surface area contributed by atoms with Crippen LogP contribution in [0.25, 0.3) is 0 Å². The number of hydrogen-bond donors (Lipinski definition) is 2. The third kappa shape index (κ3) is 4.61. The number of aromatic carboxylic acids is 1. The molecular formula is C12H16N2O5S. The lowest BCUT2D eigenvalue weighted by atomic mass is 10.1. The van der Waals surface area contributed by atoms with Crippen LogP contribution < -0.4 is 5.32 Å². The second-order valence-corrected chi connectivity index (χ2v) is 5.96. The highest BCUT2D eigenvalue weighted by molar-refractivity contribution is 7.84. The molecule has 7 nitrogen and oxygen atoms in total. The number of carboxylic acids is 1. The highest BCUT2D eigenvalue weighted by atomic mass is 32.2. The topological polar surface area (TPSA) is 110 Å². The summed E-state index contributed by atoms with van der Waals surface area (Å²) >= 11 is 0. The Morgan fingerprint density at radius 2 is 2.20 bits per heavy atom. The van der Waals surface area contributed by atoms with Gasteiger partial charge >= 0.3 is 5.97 Å². The number of benzene rings is 1. The Labute approximate surface area is 118 Å². The number of anilines is 1. The maximum atomic E-state index is 11.1. The standard InChI is InChI=1S/C12H16N2O5S/c1-8(5-6-20(2)19)13-11-4-3-9(14(17)18)7-10(11)12(15)16/h3-4,7-8,13H,5-6H2,1-2H3,(H,15,16). The van der Waals surface area contributed by atoms with Crippen molar-refractivity contribution >= 4 is 28.1 Å². The summed E-state index contributed by atoms with van der Waals surface area (Å²) < 4.78 is 11.0. The molecule has 0 heterocycles. The summed E-state index contributed by atoms with van der Waals surface area (Å²) in [6.07, 6.45) is 2.21. The van der Waals surface area contributed by atoms with Crippen molar-refractivity contribution in [2.75, 3.05) is 17.3 Å². The molecule has 0 saturated heterocycles. The quantitative estimate of drug-likeness (QED) is 0.587. The molecule has 0 saturated carbocycles. The van der Waals surface area contributed by atoms with E-state index >= 15 is 0 Å². The summed E-state index contributed by atoms with van der Waals surface area (Å²) in [5.41, 5.74) is -0.101. The van der Waals surface area contributed by atoms with Gasteiger partial charge in [0.05, 0.1) is 10.5 Å². The van der Waals surface area contributed by atoms with Crippen molar-refractivity contribution < 1.29 is 19.0 Å². The maximum Gasteiger partial charge on any atom is 0.338 e. The molecule has 1 aromatic carbocycles. The Balaban J connectivity index is 2.91. The van der Waals surface area contributed by atoms with Crippen LogP contribution in [0.4, 0.5) is 11.4 Å². The van der Waals surface area contributed by atoms with E-state index in [-0.39, 0.29) is 17.3 Å². The van der Waals surface area contributed by atoms with E-state index in [0.717, 1.165) is 6.07 Å². The third-order valence-electron chi connectivity index (χ3n) is 2.68. The number of hydrogen-bond acceptors (Lipinski definition) is 5. The molecule has 0 fully saturated rings. The molecule has 0 amide bonds. The van der Waals surface area contributed by atoms with E-state index in [9.17, 15) is 19.1 Å². The first-order chi connectivity index (χ1) is 9.31. The zero-order valence-electron chi connectivity index (χ0n) is 11.2. The highest BCUT2D eigenvalue weighted by Crippen LogP contribution is 2.23. The summed E-state index contributed by atoms with van der Waals surface area (Å²) in [5.74, 6) is -0.730. The molecule has 0 aromatic heterocycles. The summed E-state index contributed by atoms with van der Waals surface area (Å²) in [6.45, 7) is 1.83. The number of nitrogens with one attached hydrogen (secondary N) is 1. The first kappa shape index (κ1) is 16.1. The van der Waals surface area contributed by atoms with Crippen molar-refractivity contribution in [2.24, 2.45) is 0 Å². The first-order valence-corrected chi connectivity index (χ1v) is 7.62. The van der Waals surface area contributed by atoms with Crippen LogP contribution in [0.1, 0.15) is 23.7 Å². The third-order valence-corrected chi connectivity index (χ3v) is 3.50. The van der Waals surface area contributed by atoms with E-state index in [2.05, 4.69) is 5.32 Å². The molecule has 2 N–H and O–H groups in total. The minimum atomic E-state index is -1.23. The van der Waals surface area contributed by atoms with Gasteiger partial charge in [-0.1, -0.05) is 0 Å². The summed E-state index contributed by atoms with van der Waals surface area (Å²) in [7, 11) is -0.914. The average Bonchev–Trinajstić information content (AvgIpc) is 2.36. The van der Waals surface area contributed by atoms with Crippen LogP contribution in [0.3, 0.4) is 0 Å². The lowest BCUT2D eigenvalue weighted by Crippen LogP contribution is -2.19. The van der Waals surface area contributed by atoms with Gasteiger partial charge in [0, 0.05) is 46.7 Å². The van der Waals surface area contributed by atoms with Crippen molar-refractivity contribution in [1.29, 1.82) is 0 Å². The number of carboxylic acid groups (broad SMARTS) is 1. The summed E-state index contributed by atoms with van der Waals surface area (Å²) in [6, 6.07) is 3.56. The molecule has 0 aliphatic carbocycles. The molecule has 0 aliphatic heterocycles. The largest absolute Gasteiger partial charge is 0.478 e. The molecule has 8 heteroatoms. The smallest absolute Gasteiger partial charge is 0.338 e. The number of non-ortho nitro benzene ring substituents is 1. The van der Waals surface area contributed by atoms with Gasteiger partial charge in [-0.2, -0.15) is 0 Å². The van der Waals surface area contributed by atoms with Crippen LogP contribution in [0.15, 0.2) is 18.2 Å². The zero-order valence-corrected chi connectivity index (χ0v) is 12.0. The van der Waals surface area contributed by atoms with Crippen LogP contribution in [-0.2, 0) is 10.8 Å². The van der Waals surface area contributed by atoms with E-state index in [1.807, 2.05) is 6.92 Å². The van der Waals surface area contributed by atoms with Gasteiger partial charge in [-0.05, 0) is 19.4 Å². The number of nitro benzene ring substituents is 1. The van der Waals surface area contributed by atoms with Crippen molar-refractivity contribution in [3.8, 4) is 0 Å². The molecule has 0 bridgehead atoms. The SMILES string of the molecule is CC(CCS(C)=O)Nc1ccc([N+](=O)[O-])cc1C(=O)O. The average molecular weight is 300 g/mol. The molecule has 2 atom stereocenters. The highest BCUT2D eigenvalue weighted by Gasteiger charge is 2.17. The van der Waals surface area contributed by atoms with Crippen LogP contribution in [0.5, 0.6) is 0 Å². The molecule has 1 aromatic rings. The van der Waals surface area contributed by atoms with Gasteiger partial charge in [0.15, 0.2) is 0 Å². The van der Waals surface area contributed by atoms with E-state index in [0.29, 0.717) is 17.9 Å². The molecule has 110 valence electrons. The monoisotopic (exact) mass is 300 g/mol. The zero-order chi connectivity index (χ0) is 15.3. The number of carbonyl (C=O) groups is 1. The summed E-state index contributed by atoms with van der Waals surface area (Å²) in [4.78, 5) is 21.1.